The third-order valence-electron chi connectivity index (χ3n) is 8.13. The molecule has 0 saturated heterocycles. The molecule has 0 spiro atoms. The zero-order valence-electron chi connectivity index (χ0n) is 24.3. The Bertz CT molecular complexity index is 1570. The van der Waals surface area contributed by atoms with E-state index in [-0.39, 0.29) is 24.8 Å². The third-order valence-corrected chi connectivity index (χ3v) is 51.2. The quantitative estimate of drug-likeness (QED) is 0.240. The first-order valence-electron chi connectivity index (χ1n) is 14.6. The van der Waals surface area contributed by atoms with Crippen LogP contribution in [0.15, 0.2) is 140 Å². The maximum absolute atomic E-state index is 2.69. The van der Waals surface area contributed by atoms with Crippen molar-refractivity contribution in [1.29, 1.82) is 0 Å². The minimum Gasteiger partial charge on any atom is -1.00 e. The fraction of sp³-hybridized carbons (Fsp3) is 0.158. The molecule has 4 aromatic rings. The molecule has 0 N–H and O–H groups in total. The molecule has 0 atom stereocenters. The summed E-state index contributed by atoms with van der Waals surface area (Å²) in [6.45, 7) is 4.53. The molecule has 42 heavy (non-hydrogen) atoms. The average molecular weight is 815 g/mol. The van der Waals surface area contributed by atoms with Gasteiger partial charge in [-0.15, -0.1) is 0 Å². The van der Waals surface area contributed by atoms with Crippen molar-refractivity contribution in [3.8, 4) is 0 Å². The van der Waals surface area contributed by atoms with Crippen molar-refractivity contribution in [1.82, 2.24) is 0 Å². The average Bonchev–Trinajstić information content (AvgIpc) is 3.71. The Morgan fingerprint density at radius 1 is 0.548 bits per heavy atom. The Morgan fingerprint density at radius 2 is 0.976 bits per heavy atom. The van der Waals surface area contributed by atoms with E-state index < -0.39 is 28.4 Å². The smallest absolute Gasteiger partial charge is 1.00 e. The Balaban J connectivity index is 0.00000202. The van der Waals surface area contributed by atoms with Gasteiger partial charge in [-0.05, 0) is 0 Å². The molecule has 2 aliphatic rings. The van der Waals surface area contributed by atoms with Crippen LogP contribution in [0, 0.1) is 0 Å². The van der Waals surface area contributed by atoms with E-state index in [1.54, 1.807) is 8.79 Å². The number of hydrogen-bond acceptors (Lipinski definition) is 0. The first-order valence-corrected chi connectivity index (χ1v) is 30.7. The van der Waals surface area contributed by atoms with Gasteiger partial charge in [0.25, 0.3) is 0 Å². The van der Waals surface area contributed by atoms with Crippen LogP contribution in [0.3, 0.4) is 0 Å². The molecule has 0 heterocycles. The maximum atomic E-state index is 2.46. The molecule has 0 amide bonds. The van der Waals surface area contributed by atoms with Crippen LogP contribution >= 0.6 is 0 Å². The van der Waals surface area contributed by atoms with Crippen LogP contribution in [0.5, 0.6) is 0 Å². The van der Waals surface area contributed by atoms with Crippen molar-refractivity contribution >= 4 is 30.0 Å². The summed E-state index contributed by atoms with van der Waals surface area (Å²) < 4.78 is 6.92. The predicted molar refractivity (Wildman–Crippen MR) is 171 cm³/mol. The van der Waals surface area contributed by atoms with Crippen molar-refractivity contribution in [3.05, 3.63) is 162 Å². The van der Waals surface area contributed by atoms with Crippen LogP contribution in [-0.4, -0.2) is 10.1 Å². The van der Waals surface area contributed by atoms with Gasteiger partial charge in [-0.3, -0.25) is 0 Å². The molecule has 0 unspecified atom stereocenters. The van der Waals surface area contributed by atoms with Crippen molar-refractivity contribution in [2.75, 3.05) is 0 Å². The van der Waals surface area contributed by atoms with Crippen LogP contribution in [0.2, 0.25) is 0 Å². The van der Waals surface area contributed by atoms with Crippen molar-refractivity contribution in [2.45, 2.75) is 39.5 Å². The first kappa shape index (κ1) is 32.7. The van der Waals surface area contributed by atoms with E-state index in [1.807, 2.05) is 6.66 Å². The van der Waals surface area contributed by atoms with E-state index in [2.05, 4.69) is 147 Å². The van der Waals surface area contributed by atoms with Gasteiger partial charge in [0.15, 0.2) is 0 Å². The van der Waals surface area contributed by atoms with Crippen molar-refractivity contribution in [2.24, 2.45) is 0 Å². The Kier molecular flexibility index (Phi) is 12.1. The van der Waals surface area contributed by atoms with Crippen LogP contribution in [0.25, 0.3) is 11.1 Å². The van der Waals surface area contributed by atoms with Gasteiger partial charge < -0.3 is 24.8 Å². The first-order chi connectivity index (χ1) is 19.8. The SMILES string of the molecule is CCc1cccc(C2=[C]([Hf+2]([C]3=C(c4cccc(CC)c4)C=CC3)=[Ge]([c]3ccccc3)[c]3ccccc3)CC=C2)c1.[Cl-].[Cl-]. The van der Waals surface area contributed by atoms with E-state index in [1.165, 1.54) is 33.4 Å². The normalized spacial score (nSPS) is 13.5. The van der Waals surface area contributed by atoms with Crippen LogP contribution in [0.1, 0.15) is 48.9 Å². The number of allylic oxidation sites excluding steroid dienone is 8. The molecular weight excluding hydrogens is 778 g/mol. The molecule has 0 aromatic heterocycles. The van der Waals surface area contributed by atoms with Gasteiger partial charge in [0, 0.05) is 0 Å². The molecule has 0 nitrogen and oxygen atoms in total. The standard InChI is InChI=1S/2C13H13.C12H10Ge.2ClH.Hf/c2*1-2-11-6-5-9-13(10-11)12-7-3-4-8-12;1-3-7-11(8-4-1)13-12-9-5-2-6-10-12;;;/h2*3,5-7,9-10H,2,4H2,1H3;1-10H;2*1H;/q;;;;;+2/p-2. The van der Waals surface area contributed by atoms with Crippen molar-refractivity contribution < 1.29 is 43.2 Å². The van der Waals surface area contributed by atoms with E-state index in [0.29, 0.717) is 0 Å². The van der Waals surface area contributed by atoms with Gasteiger partial charge in [0.05, 0.1) is 0 Å². The van der Waals surface area contributed by atoms with Crippen LogP contribution < -0.4 is 33.6 Å². The Hall–Kier alpha value is -2.17. The summed E-state index contributed by atoms with van der Waals surface area (Å²) in [5.41, 5.74) is 8.78. The molecule has 0 saturated carbocycles. The minimum atomic E-state index is -2.69. The van der Waals surface area contributed by atoms with E-state index >= 15 is 0 Å². The van der Waals surface area contributed by atoms with Crippen molar-refractivity contribution in [3.63, 3.8) is 0 Å². The largest absolute Gasteiger partial charge is 1.00 e. The summed E-state index contributed by atoms with van der Waals surface area (Å²) in [6.07, 6.45) is 14.2. The summed E-state index contributed by atoms with van der Waals surface area (Å²) in [7, 11) is -1.91. The Morgan fingerprint density at radius 3 is 1.38 bits per heavy atom. The summed E-state index contributed by atoms with van der Waals surface area (Å²) in [5, 5.41) is 0. The zero-order chi connectivity index (χ0) is 27.3. The molecule has 0 bridgehead atoms. The molecule has 6 rings (SSSR count). The zero-order valence-corrected chi connectivity index (χ0v) is 31.5. The molecule has 4 aromatic carbocycles. The molecule has 0 fully saturated rings. The van der Waals surface area contributed by atoms with Crippen LogP contribution in [0.4, 0.5) is 0 Å². The van der Waals surface area contributed by atoms with Gasteiger partial charge in [0.2, 0.25) is 0 Å². The van der Waals surface area contributed by atoms with Gasteiger partial charge in [0.1, 0.15) is 0 Å². The molecule has 2 aliphatic carbocycles. The van der Waals surface area contributed by atoms with Gasteiger partial charge in [-0.2, -0.15) is 0 Å². The number of halogens is 2. The predicted octanol–water partition coefficient (Wildman–Crippen LogP) is 2.29. The second kappa shape index (κ2) is 15.5. The maximum Gasteiger partial charge on any atom is -1.00 e. The number of benzene rings is 4. The summed E-state index contributed by atoms with van der Waals surface area (Å²) in [4.78, 5) is 0. The van der Waals surface area contributed by atoms with Gasteiger partial charge in [-0.25, -0.2) is 0 Å². The van der Waals surface area contributed by atoms with E-state index in [4.69, 9.17) is 0 Å². The molecular formula is C38H36Cl2GeHf. The van der Waals surface area contributed by atoms with E-state index in [9.17, 15) is 0 Å². The third kappa shape index (κ3) is 6.97. The number of hydrogen-bond donors (Lipinski definition) is 0. The fourth-order valence-electron chi connectivity index (χ4n) is 6.09. The summed E-state index contributed by atoms with van der Waals surface area (Å²) in [6, 6.07) is 42.0. The molecule has 0 aliphatic heterocycles. The van der Waals surface area contributed by atoms with Crippen LogP contribution in [-0.2, 0) is 31.2 Å². The fourth-order valence-corrected chi connectivity index (χ4v) is 55.1. The molecule has 0 radical (unpaired) electrons. The molecule has 4 heteroatoms. The summed E-state index contributed by atoms with van der Waals surface area (Å²) in [5.74, 6) is 0. The topological polar surface area (TPSA) is 0 Å². The minimum absolute atomic E-state index is 0. The number of rotatable bonds is 8. The number of aryl methyl sites for hydroxylation is 2. The molecule has 210 valence electrons. The van der Waals surface area contributed by atoms with Gasteiger partial charge in [-0.1, -0.05) is 0 Å². The second-order valence-corrected chi connectivity index (χ2v) is 39.5. The second-order valence-electron chi connectivity index (χ2n) is 10.6. The monoisotopic (exact) mass is 816 g/mol. The summed E-state index contributed by atoms with van der Waals surface area (Å²) >= 11 is -2.69. The van der Waals surface area contributed by atoms with E-state index in [0.717, 1.165) is 25.7 Å². The van der Waals surface area contributed by atoms with Gasteiger partial charge >= 0.3 is 250 Å². The Labute approximate surface area is 272 Å².